The fourth-order valence-corrected chi connectivity index (χ4v) is 2.49. The highest BCUT2D eigenvalue weighted by Gasteiger charge is 2.26. The summed E-state index contributed by atoms with van der Waals surface area (Å²) in [5.74, 6) is 2.68. The molecule has 15 heavy (non-hydrogen) atoms. The van der Waals surface area contributed by atoms with Gasteiger partial charge in [-0.2, -0.15) is 0 Å². The molecule has 3 atom stereocenters. The van der Waals surface area contributed by atoms with Gasteiger partial charge in [-0.05, 0) is 18.3 Å². The summed E-state index contributed by atoms with van der Waals surface area (Å²) in [7, 11) is 0. The molecule has 0 aliphatic heterocycles. The summed E-state index contributed by atoms with van der Waals surface area (Å²) in [6.07, 6.45) is 7.75. The van der Waals surface area contributed by atoms with Gasteiger partial charge in [0, 0.05) is 18.4 Å². The van der Waals surface area contributed by atoms with E-state index in [2.05, 4.69) is 29.1 Å². The van der Waals surface area contributed by atoms with E-state index < -0.39 is 0 Å². The quantitative estimate of drug-likeness (QED) is 0.798. The van der Waals surface area contributed by atoms with Gasteiger partial charge in [-0.15, -0.1) is 0 Å². The molecule has 3 heteroatoms. The molecule has 1 saturated carbocycles. The smallest absolute Gasteiger partial charge is 0.120 e. The molecule has 1 aromatic rings. The molecule has 0 bridgehead atoms. The lowest BCUT2D eigenvalue weighted by molar-refractivity contribution is 0.205. The van der Waals surface area contributed by atoms with E-state index in [0.717, 1.165) is 24.2 Å². The summed E-state index contributed by atoms with van der Waals surface area (Å²) in [6, 6.07) is 0.666. The number of imidazole rings is 1. The van der Waals surface area contributed by atoms with Crippen molar-refractivity contribution < 1.29 is 0 Å². The summed E-state index contributed by atoms with van der Waals surface area (Å²) >= 11 is 0. The zero-order chi connectivity index (χ0) is 10.7. The van der Waals surface area contributed by atoms with E-state index in [9.17, 15) is 0 Å². The van der Waals surface area contributed by atoms with E-state index in [-0.39, 0.29) is 0 Å². The van der Waals surface area contributed by atoms with Crippen LogP contribution in [-0.2, 0) is 6.54 Å². The fourth-order valence-electron chi connectivity index (χ4n) is 2.49. The molecule has 2 rings (SSSR count). The van der Waals surface area contributed by atoms with Crippen LogP contribution in [0.5, 0.6) is 0 Å². The lowest BCUT2D eigenvalue weighted by atomic mass is 9.78. The molecule has 84 valence electrons. The molecule has 3 nitrogen and oxygen atoms in total. The Balaban J connectivity index is 1.83. The molecule has 2 N–H and O–H groups in total. The first-order valence-corrected chi connectivity index (χ1v) is 5.99. The predicted molar refractivity (Wildman–Crippen MR) is 61.4 cm³/mol. The van der Waals surface area contributed by atoms with Crippen molar-refractivity contribution in [3.05, 3.63) is 18.2 Å². The highest BCUT2D eigenvalue weighted by molar-refractivity contribution is 4.89. The third-order valence-electron chi connectivity index (χ3n) is 3.79. The Morgan fingerprint density at radius 1 is 1.47 bits per heavy atom. The number of nitrogens with one attached hydrogen (secondary N) is 2. The van der Waals surface area contributed by atoms with Gasteiger partial charge in [0.05, 0.1) is 6.54 Å². The van der Waals surface area contributed by atoms with Crippen LogP contribution < -0.4 is 5.32 Å². The number of H-pyrrole nitrogens is 1. The van der Waals surface area contributed by atoms with E-state index in [1.54, 1.807) is 0 Å². The number of aromatic nitrogens is 2. The number of hydrogen-bond acceptors (Lipinski definition) is 2. The SMILES string of the molecule is CC1CCCC(NCc2ncc[nH]2)C1C. The Morgan fingerprint density at radius 3 is 3.07 bits per heavy atom. The molecule has 1 aromatic heterocycles. The van der Waals surface area contributed by atoms with Crippen LogP contribution in [0.25, 0.3) is 0 Å². The maximum absolute atomic E-state index is 4.23. The largest absolute Gasteiger partial charge is 0.348 e. The third kappa shape index (κ3) is 2.59. The van der Waals surface area contributed by atoms with E-state index >= 15 is 0 Å². The Hall–Kier alpha value is -0.830. The van der Waals surface area contributed by atoms with Crippen molar-refractivity contribution in [2.24, 2.45) is 11.8 Å². The van der Waals surface area contributed by atoms with E-state index in [1.165, 1.54) is 19.3 Å². The van der Waals surface area contributed by atoms with Crippen LogP contribution in [0.3, 0.4) is 0 Å². The van der Waals surface area contributed by atoms with E-state index in [1.807, 2.05) is 12.4 Å². The van der Waals surface area contributed by atoms with Crippen LogP contribution in [-0.4, -0.2) is 16.0 Å². The van der Waals surface area contributed by atoms with Crippen LogP contribution in [0.15, 0.2) is 12.4 Å². The van der Waals surface area contributed by atoms with Gasteiger partial charge in [-0.3, -0.25) is 0 Å². The molecule has 1 aliphatic rings. The highest BCUT2D eigenvalue weighted by atomic mass is 15.0. The van der Waals surface area contributed by atoms with Crippen molar-refractivity contribution in [1.82, 2.24) is 15.3 Å². The lowest BCUT2D eigenvalue weighted by Gasteiger charge is -2.34. The van der Waals surface area contributed by atoms with Crippen LogP contribution in [0, 0.1) is 11.8 Å². The third-order valence-corrected chi connectivity index (χ3v) is 3.79. The average Bonchev–Trinajstić information content (AvgIpc) is 2.73. The standard InChI is InChI=1S/C12H21N3/c1-9-4-3-5-11(10(9)2)15-8-12-13-6-7-14-12/h6-7,9-11,15H,3-5,8H2,1-2H3,(H,13,14). The maximum atomic E-state index is 4.23. The number of aromatic amines is 1. The number of rotatable bonds is 3. The van der Waals surface area contributed by atoms with E-state index in [0.29, 0.717) is 6.04 Å². The molecule has 1 fully saturated rings. The zero-order valence-corrected chi connectivity index (χ0v) is 9.66. The first-order valence-electron chi connectivity index (χ1n) is 5.99. The van der Waals surface area contributed by atoms with Crippen molar-refractivity contribution in [2.75, 3.05) is 0 Å². The predicted octanol–water partition coefficient (Wildman–Crippen LogP) is 2.32. The van der Waals surface area contributed by atoms with E-state index in [4.69, 9.17) is 0 Å². The summed E-state index contributed by atoms with van der Waals surface area (Å²) in [4.78, 5) is 7.36. The zero-order valence-electron chi connectivity index (χ0n) is 9.66. The Morgan fingerprint density at radius 2 is 2.33 bits per heavy atom. The summed E-state index contributed by atoms with van der Waals surface area (Å²) < 4.78 is 0. The molecule has 3 unspecified atom stereocenters. The van der Waals surface area contributed by atoms with Gasteiger partial charge in [-0.25, -0.2) is 4.98 Å². The first-order chi connectivity index (χ1) is 7.27. The van der Waals surface area contributed by atoms with Crippen molar-refractivity contribution in [3.8, 4) is 0 Å². The van der Waals surface area contributed by atoms with Crippen molar-refractivity contribution in [2.45, 2.75) is 45.7 Å². The Bertz CT molecular complexity index is 281. The van der Waals surface area contributed by atoms with Crippen LogP contribution >= 0.6 is 0 Å². The topological polar surface area (TPSA) is 40.7 Å². The molecule has 0 aromatic carbocycles. The summed E-state index contributed by atoms with van der Waals surface area (Å²) in [5.41, 5.74) is 0. The fraction of sp³-hybridized carbons (Fsp3) is 0.750. The monoisotopic (exact) mass is 207 g/mol. The van der Waals surface area contributed by atoms with Crippen LogP contribution in [0.4, 0.5) is 0 Å². The molecule has 1 heterocycles. The van der Waals surface area contributed by atoms with Gasteiger partial charge >= 0.3 is 0 Å². The first kappa shape index (κ1) is 10.7. The molecular formula is C12H21N3. The van der Waals surface area contributed by atoms with Crippen molar-refractivity contribution >= 4 is 0 Å². The normalized spacial score (nSPS) is 31.7. The lowest BCUT2D eigenvalue weighted by Crippen LogP contribution is -2.40. The minimum Gasteiger partial charge on any atom is -0.348 e. The average molecular weight is 207 g/mol. The summed E-state index contributed by atoms with van der Waals surface area (Å²) in [6.45, 7) is 5.60. The Kier molecular flexibility index (Phi) is 3.41. The van der Waals surface area contributed by atoms with Gasteiger partial charge < -0.3 is 10.3 Å². The van der Waals surface area contributed by atoms with Gasteiger partial charge in [0.2, 0.25) is 0 Å². The van der Waals surface area contributed by atoms with Crippen molar-refractivity contribution in [1.29, 1.82) is 0 Å². The second-order valence-electron chi connectivity index (χ2n) is 4.79. The Labute approximate surface area is 91.7 Å². The minimum atomic E-state index is 0.666. The van der Waals surface area contributed by atoms with Gasteiger partial charge in [-0.1, -0.05) is 26.7 Å². The maximum Gasteiger partial charge on any atom is 0.120 e. The molecule has 0 saturated heterocycles. The second kappa shape index (κ2) is 4.79. The highest BCUT2D eigenvalue weighted by Crippen LogP contribution is 2.29. The van der Waals surface area contributed by atoms with Crippen LogP contribution in [0.1, 0.15) is 38.9 Å². The molecule has 0 amide bonds. The molecule has 0 spiro atoms. The number of hydrogen-bond donors (Lipinski definition) is 2. The van der Waals surface area contributed by atoms with Gasteiger partial charge in [0.1, 0.15) is 5.82 Å². The molecule has 1 aliphatic carbocycles. The minimum absolute atomic E-state index is 0.666. The second-order valence-corrected chi connectivity index (χ2v) is 4.79. The molecule has 0 radical (unpaired) electrons. The van der Waals surface area contributed by atoms with Crippen molar-refractivity contribution in [3.63, 3.8) is 0 Å². The van der Waals surface area contributed by atoms with Crippen LogP contribution in [0.2, 0.25) is 0 Å². The van der Waals surface area contributed by atoms with Gasteiger partial charge in [0.15, 0.2) is 0 Å². The number of nitrogens with zero attached hydrogens (tertiary/aromatic N) is 1. The molecular weight excluding hydrogens is 186 g/mol. The van der Waals surface area contributed by atoms with Gasteiger partial charge in [0.25, 0.3) is 0 Å². The summed E-state index contributed by atoms with van der Waals surface area (Å²) in [5, 5.41) is 3.61.